The average Bonchev–Trinajstić information content (AvgIpc) is 3.11. The second-order valence-electron chi connectivity index (χ2n) is 6.69. The predicted molar refractivity (Wildman–Crippen MR) is 106 cm³/mol. The lowest BCUT2D eigenvalue weighted by atomic mass is 9.97. The Morgan fingerprint density at radius 3 is 2.50 bits per heavy atom. The minimum absolute atomic E-state index is 0.0870. The van der Waals surface area contributed by atoms with E-state index in [1.54, 1.807) is 13.0 Å². The van der Waals surface area contributed by atoms with Crippen molar-refractivity contribution in [2.75, 3.05) is 0 Å². The van der Waals surface area contributed by atoms with Gasteiger partial charge in [-0.3, -0.25) is 9.59 Å². The van der Waals surface area contributed by atoms with E-state index in [1.165, 1.54) is 5.56 Å². The van der Waals surface area contributed by atoms with Gasteiger partial charge in [0.1, 0.15) is 10.8 Å². The summed E-state index contributed by atoms with van der Waals surface area (Å²) in [6.45, 7) is 3.73. The molecule has 0 radical (unpaired) electrons. The molecule has 2 aromatic rings. The molecule has 1 aliphatic rings. The van der Waals surface area contributed by atoms with E-state index in [2.05, 4.69) is 47.6 Å². The summed E-state index contributed by atoms with van der Waals surface area (Å²) < 4.78 is 0. The van der Waals surface area contributed by atoms with Gasteiger partial charge in [0.2, 0.25) is 0 Å². The van der Waals surface area contributed by atoms with Crippen LogP contribution in [0.15, 0.2) is 47.3 Å². The molecule has 3 rings (SSSR count). The lowest BCUT2D eigenvalue weighted by molar-refractivity contribution is -0.118. The highest BCUT2D eigenvalue weighted by atomic mass is 35.5. The second-order valence-corrected chi connectivity index (χ2v) is 7.10. The molecule has 0 spiro atoms. The van der Waals surface area contributed by atoms with Crippen molar-refractivity contribution in [2.45, 2.75) is 45.2 Å². The molecule has 2 N–H and O–H groups in total. The van der Waals surface area contributed by atoms with Crippen LogP contribution in [-0.4, -0.2) is 22.9 Å². The third-order valence-corrected chi connectivity index (χ3v) is 5.16. The Bertz CT molecular complexity index is 884. The zero-order valence-electron chi connectivity index (χ0n) is 15.0. The van der Waals surface area contributed by atoms with Gasteiger partial charge in [-0.15, -0.1) is 0 Å². The molecular weight excluding hydrogens is 348 g/mol. The summed E-state index contributed by atoms with van der Waals surface area (Å²) in [6.07, 6.45) is 4.79. The van der Waals surface area contributed by atoms with Crippen molar-refractivity contribution >= 4 is 23.0 Å². The molecular formula is C21H23ClN2O2. The Kier molecular flexibility index (Phi) is 5.74. The van der Waals surface area contributed by atoms with Crippen LogP contribution in [0.4, 0.5) is 0 Å². The Hall–Kier alpha value is -2.17. The monoisotopic (exact) mass is 370 g/mol. The minimum atomic E-state index is -0.304. The fourth-order valence-corrected chi connectivity index (χ4v) is 3.41. The molecule has 0 amide bonds. The number of aryl methyl sites for hydroxylation is 1. The van der Waals surface area contributed by atoms with E-state index < -0.39 is 0 Å². The molecule has 5 heteroatoms. The summed E-state index contributed by atoms with van der Waals surface area (Å²) in [7, 11) is 0. The largest absolute Gasteiger partial charge is 0.321 e. The SMILES string of the molecule is CCc1ccc(C(=C[C@H]2CCC(C(C)=O)N2)c2ccc(Cl)c(=O)[nH]2)cc1. The maximum Gasteiger partial charge on any atom is 0.267 e. The van der Waals surface area contributed by atoms with E-state index in [9.17, 15) is 9.59 Å². The Labute approximate surface area is 158 Å². The van der Waals surface area contributed by atoms with E-state index in [1.807, 2.05) is 6.07 Å². The maximum atomic E-state index is 12.0. The third-order valence-electron chi connectivity index (χ3n) is 4.86. The van der Waals surface area contributed by atoms with Crippen molar-refractivity contribution in [2.24, 2.45) is 0 Å². The van der Waals surface area contributed by atoms with Crippen molar-refractivity contribution in [1.82, 2.24) is 10.3 Å². The van der Waals surface area contributed by atoms with Gasteiger partial charge in [-0.25, -0.2) is 0 Å². The number of nitrogens with one attached hydrogen (secondary N) is 2. The number of ketones is 1. The molecule has 26 heavy (non-hydrogen) atoms. The lowest BCUT2D eigenvalue weighted by Gasteiger charge is -2.14. The molecule has 0 aliphatic carbocycles. The summed E-state index contributed by atoms with van der Waals surface area (Å²) in [5.41, 5.74) is 3.63. The minimum Gasteiger partial charge on any atom is -0.321 e. The second kappa shape index (κ2) is 8.02. The van der Waals surface area contributed by atoms with Crippen molar-refractivity contribution < 1.29 is 4.79 Å². The van der Waals surface area contributed by atoms with Gasteiger partial charge < -0.3 is 10.3 Å². The fraction of sp³-hybridized carbons (Fsp3) is 0.333. The molecule has 1 saturated heterocycles. The third kappa shape index (κ3) is 4.14. The number of halogens is 1. The van der Waals surface area contributed by atoms with Crippen LogP contribution in [0.25, 0.3) is 5.57 Å². The quantitative estimate of drug-likeness (QED) is 0.842. The van der Waals surface area contributed by atoms with E-state index in [0.717, 1.165) is 36.1 Å². The molecule has 4 nitrogen and oxygen atoms in total. The first-order valence-electron chi connectivity index (χ1n) is 8.94. The number of benzene rings is 1. The highest BCUT2D eigenvalue weighted by molar-refractivity contribution is 6.30. The van der Waals surface area contributed by atoms with Crippen LogP contribution in [-0.2, 0) is 11.2 Å². The number of aromatic amines is 1. The van der Waals surface area contributed by atoms with Gasteiger partial charge >= 0.3 is 0 Å². The standard InChI is InChI=1S/C21H23ClN2O2/c1-3-14-4-6-15(7-5-14)17(20-11-9-18(22)21(26)24-20)12-16-8-10-19(23-16)13(2)25/h4-7,9,11-12,16,19,23H,3,8,10H2,1-2H3,(H,24,26)/t16-,19?/m1/s1. The Morgan fingerprint density at radius 1 is 1.19 bits per heavy atom. The molecule has 1 aromatic heterocycles. The van der Waals surface area contributed by atoms with Gasteiger partial charge in [-0.2, -0.15) is 0 Å². The molecule has 1 aliphatic heterocycles. The van der Waals surface area contributed by atoms with Crippen molar-refractivity contribution in [3.8, 4) is 0 Å². The molecule has 2 atom stereocenters. The first kappa shape index (κ1) is 18.6. The van der Waals surface area contributed by atoms with Gasteiger partial charge in [0.15, 0.2) is 0 Å². The number of hydrogen-bond donors (Lipinski definition) is 2. The van der Waals surface area contributed by atoms with E-state index in [4.69, 9.17) is 11.6 Å². The smallest absolute Gasteiger partial charge is 0.267 e. The van der Waals surface area contributed by atoms with E-state index in [-0.39, 0.29) is 28.4 Å². The predicted octanol–water partition coefficient (Wildman–Crippen LogP) is 3.73. The normalized spacial score (nSPS) is 20.3. The first-order valence-corrected chi connectivity index (χ1v) is 9.32. The number of Topliss-reactive ketones (excluding diaryl/α,β-unsaturated/α-hetero) is 1. The van der Waals surface area contributed by atoms with Crippen LogP contribution in [0, 0.1) is 0 Å². The van der Waals surface area contributed by atoms with Crippen molar-refractivity contribution in [1.29, 1.82) is 0 Å². The fourth-order valence-electron chi connectivity index (χ4n) is 3.30. The number of hydrogen-bond acceptors (Lipinski definition) is 3. The molecule has 1 unspecified atom stereocenters. The van der Waals surface area contributed by atoms with Crippen LogP contribution >= 0.6 is 11.6 Å². The number of aromatic nitrogens is 1. The molecule has 0 saturated carbocycles. The highest BCUT2D eigenvalue weighted by Crippen LogP contribution is 2.26. The number of H-pyrrole nitrogens is 1. The van der Waals surface area contributed by atoms with E-state index in [0.29, 0.717) is 0 Å². The number of carbonyl (C=O) groups excluding carboxylic acids is 1. The van der Waals surface area contributed by atoms with Gasteiger partial charge in [-0.05, 0) is 49.4 Å². The van der Waals surface area contributed by atoms with Crippen LogP contribution in [0.2, 0.25) is 5.02 Å². The average molecular weight is 371 g/mol. The highest BCUT2D eigenvalue weighted by Gasteiger charge is 2.26. The van der Waals surface area contributed by atoms with Gasteiger partial charge in [0.25, 0.3) is 5.56 Å². The lowest BCUT2D eigenvalue weighted by Crippen LogP contribution is -2.33. The Balaban J connectivity index is 2.00. The summed E-state index contributed by atoms with van der Waals surface area (Å²) in [5, 5.41) is 3.54. The van der Waals surface area contributed by atoms with E-state index >= 15 is 0 Å². The van der Waals surface area contributed by atoms with Crippen LogP contribution < -0.4 is 10.9 Å². The first-order chi connectivity index (χ1) is 12.5. The van der Waals surface area contributed by atoms with Crippen molar-refractivity contribution in [3.63, 3.8) is 0 Å². The summed E-state index contributed by atoms with van der Waals surface area (Å²) in [5.74, 6) is 0.162. The van der Waals surface area contributed by atoms with Crippen LogP contribution in [0.5, 0.6) is 0 Å². The maximum absolute atomic E-state index is 12.0. The number of rotatable bonds is 5. The molecule has 1 fully saturated rings. The molecule has 2 heterocycles. The summed E-state index contributed by atoms with van der Waals surface area (Å²) in [4.78, 5) is 26.5. The van der Waals surface area contributed by atoms with Crippen LogP contribution in [0.3, 0.4) is 0 Å². The van der Waals surface area contributed by atoms with Gasteiger partial charge in [0, 0.05) is 17.3 Å². The van der Waals surface area contributed by atoms with Crippen molar-refractivity contribution in [3.05, 3.63) is 74.7 Å². The summed E-state index contributed by atoms with van der Waals surface area (Å²) >= 11 is 5.88. The number of pyridine rings is 1. The topological polar surface area (TPSA) is 62.0 Å². The van der Waals surface area contributed by atoms with Crippen LogP contribution in [0.1, 0.15) is 43.5 Å². The zero-order valence-corrected chi connectivity index (χ0v) is 15.8. The van der Waals surface area contributed by atoms with Gasteiger partial charge in [-0.1, -0.05) is 48.9 Å². The Morgan fingerprint density at radius 2 is 1.92 bits per heavy atom. The van der Waals surface area contributed by atoms with Gasteiger partial charge in [0.05, 0.1) is 6.04 Å². The molecule has 136 valence electrons. The number of carbonyl (C=O) groups is 1. The molecule has 1 aromatic carbocycles. The zero-order chi connectivity index (χ0) is 18.7. The summed E-state index contributed by atoms with van der Waals surface area (Å²) in [6, 6.07) is 11.7. The molecule has 0 bridgehead atoms.